The van der Waals surface area contributed by atoms with E-state index in [0.29, 0.717) is 21.8 Å². The molecular weight excluding hydrogens is 266 g/mol. The minimum atomic E-state index is -0.599. The third kappa shape index (κ3) is 2.42. The molecule has 0 saturated heterocycles. The van der Waals surface area contributed by atoms with Crippen molar-refractivity contribution in [2.75, 3.05) is 0 Å². The van der Waals surface area contributed by atoms with Gasteiger partial charge in [-0.3, -0.25) is 0 Å². The number of aromatic amines is 1. The highest BCUT2D eigenvalue weighted by Crippen LogP contribution is 2.39. The minimum Gasteiger partial charge on any atom is -0.343 e. The van der Waals surface area contributed by atoms with Crippen molar-refractivity contribution in [3.63, 3.8) is 0 Å². The summed E-state index contributed by atoms with van der Waals surface area (Å²) in [4.78, 5) is 7.51. The molecule has 98 valence electrons. The number of rotatable bonds is 2. The van der Waals surface area contributed by atoms with Gasteiger partial charge in [0, 0.05) is 23.1 Å². The van der Waals surface area contributed by atoms with Crippen LogP contribution >= 0.6 is 12.2 Å². The number of nitrogens with zero attached hydrogens (tertiary/aromatic N) is 1. The summed E-state index contributed by atoms with van der Waals surface area (Å²) in [6, 6.07) is 3.46. The van der Waals surface area contributed by atoms with Gasteiger partial charge in [-0.2, -0.15) is 0 Å². The lowest BCUT2D eigenvalue weighted by molar-refractivity contribution is 0.584. The first-order chi connectivity index (χ1) is 9.04. The fraction of sp³-hybridized carbons (Fsp3) is 0.286. The minimum absolute atomic E-state index is 0.402. The molecule has 0 atom stereocenters. The first-order valence-electron chi connectivity index (χ1n) is 6.12. The van der Waals surface area contributed by atoms with Gasteiger partial charge in [0.25, 0.3) is 0 Å². The maximum absolute atomic E-state index is 13.3. The van der Waals surface area contributed by atoms with Crippen molar-refractivity contribution in [3.05, 3.63) is 45.9 Å². The monoisotopic (exact) mass is 278 g/mol. The number of aromatic nitrogens is 2. The van der Waals surface area contributed by atoms with Crippen LogP contribution in [0, 0.1) is 23.2 Å². The van der Waals surface area contributed by atoms with Crippen LogP contribution in [-0.2, 0) is 0 Å². The maximum atomic E-state index is 13.3. The summed E-state index contributed by atoms with van der Waals surface area (Å²) >= 11 is 5.22. The quantitative estimate of drug-likeness (QED) is 0.831. The highest BCUT2D eigenvalue weighted by atomic mass is 32.1. The van der Waals surface area contributed by atoms with E-state index in [4.69, 9.17) is 12.2 Å². The van der Waals surface area contributed by atoms with Gasteiger partial charge in [0.15, 0.2) is 0 Å². The summed E-state index contributed by atoms with van der Waals surface area (Å²) in [5.41, 5.74) is 1.86. The first-order valence-corrected chi connectivity index (χ1v) is 6.52. The molecule has 1 N–H and O–H groups in total. The summed E-state index contributed by atoms with van der Waals surface area (Å²) < 4.78 is 27.1. The Morgan fingerprint density at radius 3 is 2.42 bits per heavy atom. The highest BCUT2D eigenvalue weighted by Gasteiger charge is 2.26. The zero-order valence-corrected chi connectivity index (χ0v) is 11.2. The molecule has 2 nitrogen and oxygen atoms in total. The molecule has 1 aromatic heterocycles. The van der Waals surface area contributed by atoms with E-state index in [9.17, 15) is 8.78 Å². The summed E-state index contributed by atoms with van der Waals surface area (Å²) in [7, 11) is 0. The fourth-order valence-corrected chi connectivity index (χ4v) is 2.29. The number of hydrogen-bond donors (Lipinski definition) is 1. The molecule has 1 saturated carbocycles. The Balaban J connectivity index is 2.20. The molecule has 1 fully saturated rings. The third-order valence-electron chi connectivity index (χ3n) is 3.29. The van der Waals surface area contributed by atoms with Crippen LogP contribution in [0.3, 0.4) is 0 Å². The van der Waals surface area contributed by atoms with Crippen LogP contribution in [0.2, 0.25) is 0 Å². The molecule has 1 heterocycles. The van der Waals surface area contributed by atoms with Gasteiger partial charge in [0.2, 0.25) is 0 Å². The van der Waals surface area contributed by atoms with Gasteiger partial charge < -0.3 is 4.98 Å². The lowest BCUT2D eigenvalue weighted by Gasteiger charge is -2.09. The van der Waals surface area contributed by atoms with Gasteiger partial charge in [0.1, 0.15) is 22.1 Å². The highest BCUT2D eigenvalue weighted by molar-refractivity contribution is 7.71. The van der Waals surface area contributed by atoms with Crippen LogP contribution in [-0.4, -0.2) is 9.97 Å². The molecule has 2 aromatic rings. The Kier molecular flexibility index (Phi) is 2.93. The van der Waals surface area contributed by atoms with E-state index in [1.807, 2.05) is 0 Å². The summed E-state index contributed by atoms with van der Waals surface area (Å²) in [5, 5.41) is 0. The zero-order valence-electron chi connectivity index (χ0n) is 10.3. The first kappa shape index (κ1) is 12.4. The van der Waals surface area contributed by atoms with E-state index in [-0.39, 0.29) is 0 Å². The molecule has 1 aliphatic carbocycles. The normalized spacial score (nSPS) is 14.7. The van der Waals surface area contributed by atoms with Crippen LogP contribution in [0.15, 0.2) is 18.2 Å². The summed E-state index contributed by atoms with van der Waals surface area (Å²) in [6.07, 6.45) is 2.16. The summed E-state index contributed by atoms with van der Waals surface area (Å²) in [6.45, 7) is 1.81. The smallest absolute Gasteiger partial charge is 0.133 e. The van der Waals surface area contributed by atoms with Crippen LogP contribution in [0.25, 0.3) is 11.3 Å². The van der Waals surface area contributed by atoms with Crippen molar-refractivity contribution in [2.24, 2.45) is 0 Å². The van der Waals surface area contributed by atoms with Gasteiger partial charge in [-0.15, -0.1) is 0 Å². The van der Waals surface area contributed by atoms with Gasteiger partial charge in [0.05, 0.1) is 5.69 Å². The molecule has 3 rings (SSSR count). The van der Waals surface area contributed by atoms with Gasteiger partial charge in [-0.05, 0) is 31.9 Å². The summed E-state index contributed by atoms with van der Waals surface area (Å²) in [5.74, 6) is 0.0201. The molecule has 0 unspecified atom stereocenters. The lowest BCUT2D eigenvalue weighted by atomic mass is 10.1. The Hall–Kier alpha value is -1.62. The molecule has 0 spiro atoms. The molecule has 1 aromatic carbocycles. The van der Waals surface area contributed by atoms with Crippen molar-refractivity contribution >= 4 is 12.2 Å². The number of H-pyrrole nitrogens is 1. The van der Waals surface area contributed by atoms with E-state index in [1.165, 1.54) is 12.1 Å². The molecule has 0 aliphatic heterocycles. The second-order valence-electron chi connectivity index (χ2n) is 4.86. The lowest BCUT2D eigenvalue weighted by Crippen LogP contribution is -2.00. The van der Waals surface area contributed by atoms with Crippen molar-refractivity contribution in [1.29, 1.82) is 0 Å². The molecule has 0 amide bonds. The second kappa shape index (κ2) is 4.49. The van der Waals surface area contributed by atoms with E-state index in [0.717, 1.165) is 30.3 Å². The third-order valence-corrected chi connectivity index (χ3v) is 3.68. The largest absolute Gasteiger partial charge is 0.343 e. The van der Waals surface area contributed by atoms with E-state index >= 15 is 0 Å². The van der Waals surface area contributed by atoms with Crippen molar-refractivity contribution in [2.45, 2.75) is 25.7 Å². The number of nitrogens with one attached hydrogen (secondary N) is 1. The average Bonchev–Trinajstić information content (AvgIpc) is 3.15. The Morgan fingerprint density at radius 1 is 1.21 bits per heavy atom. The van der Waals surface area contributed by atoms with Gasteiger partial charge >= 0.3 is 0 Å². The average molecular weight is 278 g/mol. The Labute approximate surface area is 114 Å². The van der Waals surface area contributed by atoms with Crippen LogP contribution < -0.4 is 0 Å². The molecule has 0 bridgehead atoms. The molecule has 1 aliphatic rings. The fourth-order valence-electron chi connectivity index (χ4n) is 2.09. The predicted octanol–water partition coefficient (Wildman–Crippen LogP) is 4.27. The molecule has 19 heavy (non-hydrogen) atoms. The van der Waals surface area contributed by atoms with Crippen molar-refractivity contribution in [3.8, 4) is 11.3 Å². The Bertz CT molecular complexity index is 685. The maximum Gasteiger partial charge on any atom is 0.133 e. The number of hydrogen-bond acceptors (Lipinski definition) is 2. The van der Waals surface area contributed by atoms with E-state index < -0.39 is 11.6 Å². The number of benzene rings is 1. The van der Waals surface area contributed by atoms with Crippen LogP contribution in [0.5, 0.6) is 0 Å². The number of halogens is 2. The zero-order chi connectivity index (χ0) is 13.6. The van der Waals surface area contributed by atoms with E-state index in [2.05, 4.69) is 9.97 Å². The SMILES string of the molecule is Cc1c(-c2cc(F)cc(F)c2)[nH]c(C2CC2)nc1=S. The second-order valence-corrected chi connectivity index (χ2v) is 5.25. The topological polar surface area (TPSA) is 28.7 Å². The molecule has 0 radical (unpaired) electrons. The van der Waals surface area contributed by atoms with Crippen molar-refractivity contribution < 1.29 is 8.78 Å². The standard InChI is InChI=1S/C14H12F2N2S/c1-7-12(9-4-10(15)6-11(16)5-9)17-13(8-2-3-8)18-14(7)19/h4-6,8H,2-3H2,1H3,(H,17,18,19). The van der Waals surface area contributed by atoms with Crippen LogP contribution in [0.1, 0.15) is 30.1 Å². The van der Waals surface area contributed by atoms with E-state index in [1.54, 1.807) is 6.92 Å². The van der Waals surface area contributed by atoms with Gasteiger partial charge in [-0.1, -0.05) is 12.2 Å². The molecule has 5 heteroatoms. The van der Waals surface area contributed by atoms with Crippen molar-refractivity contribution in [1.82, 2.24) is 9.97 Å². The van der Waals surface area contributed by atoms with Crippen LogP contribution in [0.4, 0.5) is 8.78 Å². The predicted molar refractivity (Wildman–Crippen MR) is 71.5 cm³/mol. The van der Waals surface area contributed by atoms with Gasteiger partial charge in [-0.25, -0.2) is 13.8 Å². The molecular formula is C14H12F2N2S. The Morgan fingerprint density at radius 2 is 1.84 bits per heavy atom.